The van der Waals surface area contributed by atoms with E-state index in [1.54, 1.807) is 15.0 Å². The monoisotopic (exact) mass is 608 g/mol. The number of nitrogens with one attached hydrogen (secondary N) is 2. The van der Waals surface area contributed by atoms with Gasteiger partial charge in [-0.05, 0) is 53.6 Å². The summed E-state index contributed by atoms with van der Waals surface area (Å²) in [6, 6.07) is 38.5. The van der Waals surface area contributed by atoms with Gasteiger partial charge in [0.2, 0.25) is 7.85 Å². The highest BCUT2D eigenvalue weighted by Gasteiger charge is 2.31. The fraction of sp³-hybridized carbons (Fsp3) is 0.324. The molecule has 2 N–H and O–H groups in total. The zero-order valence-corrected chi connectivity index (χ0v) is 26.4. The molecule has 7 nitrogen and oxygen atoms in total. The first-order valence-corrected chi connectivity index (χ1v) is 15.6. The molecular weight excluding hydrogens is 563 g/mol. The van der Waals surface area contributed by atoms with Crippen LogP contribution in [0.3, 0.4) is 0 Å². The van der Waals surface area contributed by atoms with Gasteiger partial charge in [-0.1, -0.05) is 103 Å². The zero-order valence-electron chi connectivity index (χ0n) is 26.4. The molecule has 0 bridgehead atoms. The molecule has 0 aliphatic rings. The van der Waals surface area contributed by atoms with Crippen LogP contribution in [0.4, 0.5) is 4.79 Å². The number of hydrogen-bond acceptors (Lipinski definition) is 6. The Balaban J connectivity index is 1.54. The number of carbonyl (C=O) groups is 1. The van der Waals surface area contributed by atoms with Crippen LogP contribution in [0.1, 0.15) is 28.7 Å². The third-order valence-corrected chi connectivity index (χ3v) is 7.56. The van der Waals surface area contributed by atoms with Gasteiger partial charge in [0.15, 0.2) is 5.81 Å². The van der Waals surface area contributed by atoms with E-state index in [4.69, 9.17) is 18.9 Å². The van der Waals surface area contributed by atoms with Gasteiger partial charge in [-0.3, -0.25) is 4.79 Å². The molecule has 3 atom stereocenters. The van der Waals surface area contributed by atoms with Crippen LogP contribution in [0.25, 0.3) is 0 Å². The minimum atomic E-state index is -0.377. The number of hydrogen-bond donors (Lipinski definition) is 2. The average Bonchev–Trinajstić information content (AvgIpc) is 3.07. The molecular formula is C37H45BN2O5. The van der Waals surface area contributed by atoms with Crippen LogP contribution in [0.15, 0.2) is 115 Å². The van der Waals surface area contributed by atoms with E-state index in [1.807, 2.05) is 54.6 Å². The van der Waals surface area contributed by atoms with Crippen LogP contribution >= 0.6 is 0 Å². The Bertz CT molecular complexity index is 1380. The number of amides is 1. The van der Waals surface area contributed by atoms with E-state index in [-0.39, 0.29) is 30.8 Å². The Morgan fingerprint density at radius 3 is 2.07 bits per heavy atom. The van der Waals surface area contributed by atoms with E-state index in [0.717, 1.165) is 35.3 Å². The van der Waals surface area contributed by atoms with Crippen molar-refractivity contribution in [3.8, 4) is 5.75 Å². The summed E-state index contributed by atoms with van der Waals surface area (Å²) < 4.78 is 23.5. The highest BCUT2D eigenvalue weighted by Crippen LogP contribution is 2.20. The largest absolute Gasteiger partial charge is 0.489 e. The zero-order chi connectivity index (χ0) is 31.5. The smallest absolute Gasteiger partial charge is 0.215 e. The minimum absolute atomic E-state index is 0.0885. The van der Waals surface area contributed by atoms with Crippen molar-refractivity contribution in [2.75, 3.05) is 27.1 Å². The number of aryl methyl sites for hydroxylation is 1. The summed E-state index contributed by atoms with van der Waals surface area (Å²) >= 11 is 0. The summed E-state index contributed by atoms with van der Waals surface area (Å²) in [5.41, 5.74) is 4.58. The van der Waals surface area contributed by atoms with Crippen molar-refractivity contribution in [2.45, 2.75) is 50.6 Å². The Morgan fingerprint density at radius 1 is 0.756 bits per heavy atom. The average molecular weight is 609 g/mol. The lowest BCUT2D eigenvalue weighted by Gasteiger charge is -2.35. The number of carbonyl (C=O) groups excluding carboxylic acids is 1. The van der Waals surface area contributed by atoms with Crippen LogP contribution in [-0.4, -0.2) is 59.0 Å². The number of rotatable bonds is 20. The van der Waals surface area contributed by atoms with E-state index in [1.165, 1.54) is 5.56 Å². The second-order valence-electron chi connectivity index (χ2n) is 11.1. The lowest BCUT2D eigenvalue weighted by molar-refractivity contribution is -0.116. The SMILES string of the molecule is BC(=O)N[C@H](Cc1ccccc1)[C@H](OCOCCOC)[C@@H](CCc1ccccc1)NCc1cccc(OCc2ccccc2)c1. The number of methoxy groups -OCH3 is 1. The summed E-state index contributed by atoms with van der Waals surface area (Å²) in [6.07, 6.45) is 1.89. The fourth-order valence-electron chi connectivity index (χ4n) is 5.30. The lowest BCUT2D eigenvalue weighted by atomic mass is 9.91. The third kappa shape index (κ3) is 12.5. The van der Waals surface area contributed by atoms with Gasteiger partial charge >= 0.3 is 0 Å². The van der Waals surface area contributed by atoms with E-state index in [0.29, 0.717) is 32.8 Å². The molecule has 0 aliphatic carbocycles. The molecule has 4 aromatic carbocycles. The fourth-order valence-corrected chi connectivity index (χ4v) is 5.30. The Kier molecular flexibility index (Phi) is 14.7. The molecule has 0 saturated heterocycles. The van der Waals surface area contributed by atoms with Crippen LogP contribution in [-0.2, 0) is 40.2 Å². The van der Waals surface area contributed by atoms with Crippen LogP contribution in [0.2, 0.25) is 0 Å². The lowest BCUT2D eigenvalue weighted by Crippen LogP contribution is -2.55. The third-order valence-electron chi connectivity index (χ3n) is 7.56. The molecule has 0 unspecified atom stereocenters. The highest BCUT2D eigenvalue weighted by atomic mass is 16.7. The second-order valence-corrected chi connectivity index (χ2v) is 11.1. The molecule has 4 rings (SSSR count). The summed E-state index contributed by atoms with van der Waals surface area (Å²) in [7, 11) is 3.20. The molecule has 0 saturated carbocycles. The molecule has 0 radical (unpaired) electrons. The molecule has 236 valence electrons. The van der Waals surface area contributed by atoms with Crippen LogP contribution in [0.5, 0.6) is 5.75 Å². The molecule has 0 fully saturated rings. The van der Waals surface area contributed by atoms with Gasteiger partial charge in [0.05, 0.1) is 25.4 Å². The molecule has 0 spiro atoms. The van der Waals surface area contributed by atoms with Crippen LogP contribution < -0.4 is 15.4 Å². The van der Waals surface area contributed by atoms with Crippen molar-refractivity contribution < 1.29 is 23.7 Å². The molecule has 1 amide bonds. The molecule has 0 aliphatic heterocycles. The maximum Gasteiger partial charge on any atom is 0.215 e. The standard InChI is InChI=1S/C37H45BN2O5/c1-42-22-23-43-28-45-36(35(40-37(38)41)25-30-14-7-3-8-15-30)34(21-20-29-12-5-2-6-13-29)39-26-32-18-11-19-33(24-32)44-27-31-16-9-4-10-17-31/h2-19,24,34-36,39H,20-23,25-28,38H2,1H3,(H,40,41)/t34-,35-,36-/m1/s1. The Morgan fingerprint density at radius 2 is 1.40 bits per heavy atom. The predicted molar refractivity (Wildman–Crippen MR) is 181 cm³/mol. The molecule has 0 heterocycles. The van der Waals surface area contributed by atoms with Crippen molar-refractivity contribution in [3.63, 3.8) is 0 Å². The van der Waals surface area contributed by atoms with Crippen molar-refractivity contribution in [3.05, 3.63) is 138 Å². The van der Waals surface area contributed by atoms with Gasteiger partial charge in [-0.25, -0.2) is 0 Å². The summed E-state index contributed by atoms with van der Waals surface area (Å²) in [4.78, 5) is 12.5. The van der Waals surface area contributed by atoms with Gasteiger partial charge in [0.1, 0.15) is 19.1 Å². The molecule has 0 aromatic heterocycles. The second kappa shape index (κ2) is 19.4. The molecule has 8 heteroatoms. The summed E-state index contributed by atoms with van der Waals surface area (Å²) in [5.74, 6) is 0.716. The quantitative estimate of drug-likeness (QED) is 0.0804. The van der Waals surface area contributed by atoms with Gasteiger partial charge in [0, 0.05) is 19.7 Å². The van der Waals surface area contributed by atoms with Crippen molar-refractivity contribution in [1.29, 1.82) is 0 Å². The van der Waals surface area contributed by atoms with Crippen molar-refractivity contribution in [1.82, 2.24) is 10.6 Å². The normalized spacial score (nSPS) is 13.1. The van der Waals surface area contributed by atoms with Gasteiger partial charge < -0.3 is 29.6 Å². The first kappa shape index (κ1) is 33.9. The van der Waals surface area contributed by atoms with E-state index >= 15 is 0 Å². The Hall–Kier alpha value is -3.95. The molecule has 4 aromatic rings. The number of benzene rings is 4. The van der Waals surface area contributed by atoms with Crippen LogP contribution in [0, 0.1) is 0 Å². The topological polar surface area (TPSA) is 78.1 Å². The van der Waals surface area contributed by atoms with E-state index in [2.05, 4.69) is 71.3 Å². The van der Waals surface area contributed by atoms with Gasteiger partial charge in [-0.15, -0.1) is 0 Å². The van der Waals surface area contributed by atoms with E-state index in [9.17, 15) is 4.79 Å². The van der Waals surface area contributed by atoms with Gasteiger partial charge in [-0.2, -0.15) is 0 Å². The highest BCUT2D eigenvalue weighted by molar-refractivity contribution is 6.57. The minimum Gasteiger partial charge on any atom is -0.489 e. The summed E-state index contributed by atoms with van der Waals surface area (Å²) in [5, 5.41) is 6.98. The van der Waals surface area contributed by atoms with Crippen molar-refractivity contribution in [2.24, 2.45) is 0 Å². The molecule has 45 heavy (non-hydrogen) atoms. The van der Waals surface area contributed by atoms with Crippen molar-refractivity contribution >= 4 is 13.7 Å². The first-order chi connectivity index (χ1) is 22.1. The Labute approximate surface area is 268 Å². The predicted octanol–water partition coefficient (Wildman–Crippen LogP) is 5.32. The summed E-state index contributed by atoms with van der Waals surface area (Å²) in [6.45, 7) is 2.10. The maximum atomic E-state index is 12.5. The van der Waals surface area contributed by atoms with E-state index < -0.39 is 0 Å². The first-order valence-electron chi connectivity index (χ1n) is 15.6. The number of ether oxygens (including phenoxy) is 4. The maximum absolute atomic E-state index is 12.5. The van der Waals surface area contributed by atoms with Gasteiger partial charge in [0.25, 0.3) is 0 Å².